The fraction of sp³-hybridized carbons (Fsp3) is 0.875. The summed E-state index contributed by atoms with van der Waals surface area (Å²) in [6.07, 6.45) is 33.3. The van der Waals surface area contributed by atoms with Gasteiger partial charge in [-0.15, -0.1) is 0 Å². The fourth-order valence-electron chi connectivity index (χ4n) is 9.18. The first-order chi connectivity index (χ1) is 34.1. The molecule has 0 spiro atoms. The normalized spacial score (nSPS) is 26.2. The number of hydrogen-bond donors (Lipinski definition) is 9. The van der Waals surface area contributed by atoms with Gasteiger partial charge in [0.2, 0.25) is 5.91 Å². The summed E-state index contributed by atoms with van der Waals surface area (Å²) in [6.45, 7) is 2.76. The molecule has 2 fully saturated rings. The number of amides is 1. The van der Waals surface area contributed by atoms with Gasteiger partial charge in [0.25, 0.3) is 0 Å². The first-order valence-electron chi connectivity index (χ1n) is 28.2. The molecule has 70 heavy (non-hydrogen) atoms. The SMILES string of the molecule is CCCCCCC/C=C\CCCCCCCC(=O)NC(COC1OC(CO)C(OC2OC(CO)C(O)C(O)C2O)C(O)C1O)C(O)/C=C/CC/C=C/CCCCCCCCCCCCCCCCCC. The summed E-state index contributed by atoms with van der Waals surface area (Å²) < 4.78 is 22.7. The number of aliphatic hydroxyl groups excluding tert-OH is 8. The van der Waals surface area contributed by atoms with E-state index in [1.807, 2.05) is 6.08 Å². The van der Waals surface area contributed by atoms with Crippen LogP contribution in [-0.4, -0.2) is 140 Å². The van der Waals surface area contributed by atoms with Crippen molar-refractivity contribution in [1.29, 1.82) is 0 Å². The van der Waals surface area contributed by atoms with Crippen LogP contribution in [-0.2, 0) is 23.7 Å². The van der Waals surface area contributed by atoms with E-state index in [2.05, 4.69) is 43.5 Å². The summed E-state index contributed by atoms with van der Waals surface area (Å²) >= 11 is 0. The second kappa shape index (κ2) is 42.6. The van der Waals surface area contributed by atoms with Crippen LogP contribution in [0, 0.1) is 0 Å². The van der Waals surface area contributed by atoms with Gasteiger partial charge in [0.15, 0.2) is 12.6 Å². The molecule has 2 aliphatic heterocycles. The number of ether oxygens (including phenoxy) is 4. The van der Waals surface area contributed by atoms with Crippen molar-refractivity contribution in [3.63, 3.8) is 0 Å². The molecule has 0 aromatic heterocycles. The van der Waals surface area contributed by atoms with Gasteiger partial charge in [-0.05, 0) is 57.8 Å². The molecule has 1 amide bonds. The van der Waals surface area contributed by atoms with E-state index >= 15 is 0 Å². The number of hydrogen-bond acceptors (Lipinski definition) is 13. The Balaban J connectivity index is 1.81. The zero-order chi connectivity index (χ0) is 51.0. The van der Waals surface area contributed by atoms with Crippen LogP contribution in [0.15, 0.2) is 36.5 Å². The lowest BCUT2D eigenvalue weighted by atomic mass is 9.97. The van der Waals surface area contributed by atoms with E-state index in [-0.39, 0.29) is 18.9 Å². The number of allylic oxidation sites excluding steroid dienone is 5. The Morgan fingerprint density at radius 1 is 0.500 bits per heavy atom. The van der Waals surface area contributed by atoms with Gasteiger partial charge in [0.1, 0.15) is 48.8 Å². The van der Waals surface area contributed by atoms with E-state index in [9.17, 15) is 45.6 Å². The number of nitrogens with one attached hydrogen (secondary N) is 1. The van der Waals surface area contributed by atoms with Crippen molar-refractivity contribution in [2.24, 2.45) is 0 Å². The Morgan fingerprint density at radius 3 is 1.40 bits per heavy atom. The summed E-state index contributed by atoms with van der Waals surface area (Å²) in [4.78, 5) is 13.2. The molecule has 2 heterocycles. The number of carbonyl (C=O) groups excluding carboxylic acids is 1. The van der Waals surface area contributed by atoms with Crippen LogP contribution in [0.5, 0.6) is 0 Å². The highest BCUT2D eigenvalue weighted by Gasteiger charge is 2.51. The first-order valence-corrected chi connectivity index (χ1v) is 28.2. The molecule has 2 saturated heterocycles. The van der Waals surface area contributed by atoms with Gasteiger partial charge in [-0.1, -0.05) is 192 Å². The van der Waals surface area contributed by atoms with Crippen LogP contribution in [0.3, 0.4) is 0 Å². The third-order valence-corrected chi connectivity index (χ3v) is 13.8. The van der Waals surface area contributed by atoms with Crippen molar-refractivity contribution < 1.29 is 64.6 Å². The molecule has 0 aromatic carbocycles. The molecule has 0 bridgehead atoms. The predicted octanol–water partition coefficient (Wildman–Crippen LogP) is 8.66. The van der Waals surface area contributed by atoms with Crippen molar-refractivity contribution in [3.8, 4) is 0 Å². The van der Waals surface area contributed by atoms with Gasteiger partial charge in [-0.3, -0.25) is 4.79 Å². The predicted molar refractivity (Wildman–Crippen MR) is 277 cm³/mol. The molecule has 2 rings (SSSR count). The highest BCUT2D eigenvalue weighted by atomic mass is 16.7. The van der Waals surface area contributed by atoms with Crippen molar-refractivity contribution in [1.82, 2.24) is 5.32 Å². The highest BCUT2D eigenvalue weighted by molar-refractivity contribution is 5.76. The summed E-state index contributed by atoms with van der Waals surface area (Å²) in [5.41, 5.74) is 0. The van der Waals surface area contributed by atoms with E-state index in [1.54, 1.807) is 6.08 Å². The second-order valence-corrected chi connectivity index (χ2v) is 20.1. The van der Waals surface area contributed by atoms with Gasteiger partial charge >= 0.3 is 0 Å². The quantitative estimate of drug-likeness (QED) is 0.0206. The maximum absolute atomic E-state index is 13.2. The van der Waals surface area contributed by atoms with E-state index < -0.39 is 86.8 Å². The van der Waals surface area contributed by atoms with Gasteiger partial charge < -0.3 is 65.1 Å². The van der Waals surface area contributed by atoms with E-state index in [0.29, 0.717) is 12.8 Å². The Morgan fingerprint density at radius 2 is 0.914 bits per heavy atom. The zero-order valence-electron chi connectivity index (χ0n) is 43.8. The Hall–Kier alpha value is -1.79. The largest absolute Gasteiger partial charge is 0.394 e. The molecule has 410 valence electrons. The monoisotopic (exact) mass is 998 g/mol. The molecule has 0 saturated carbocycles. The molecular weight excluding hydrogens is 895 g/mol. The Bertz CT molecular complexity index is 1320. The standard InChI is InChI=1S/C56H103NO13/c1-3-5-7-9-11-13-15-17-19-20-21-22-23-24-25-26-27-29-31-33-35-37-39-45(60)44(57-48(61)40-38-36-34-32-30-28-18-16-14-12-10-8-6-4-2)43-67-55-53(66)51(64)54(47(42-59)69-55)70-56-52(65)50(63)49(62)46(41-58)68-56/h16,18,29,31,37,39,44-47,49-56,58-60,62-66H,3-15,17,19-28,30,32-36,38,40-43H2,1-2H3,(H,57,61)/b18-16-,31-29+,39-37+. The van der Waals surface area contributed by atoms with E-state index in [0.717, 1.165) is 51.4 Å². The van der Waals surface area contributed by atoms with Gasteiger partial charge in [0, 0.05) is 6.42 Å². The number of rotatable bonds is 44. The molecule has 0 aliphatic carbocycles. The number of carbonyl (C=O) groups is 1. The summed E-state index contributed by atoms with van der Waals surface area (Å²) in [7, 11) is 0. The Labute approximate surface area is 423 Å². The third-order valence-electron chi connectivity index (χ3n) is 13.8. The third kappa shape index (κ3) is 28.6. The van der Waals surface area contributed by atoms with Crippen molar-refractivity contribution in [2.45, 2.75) is 293 Å². The smallest absolute Gasteiger partial charge is 0.220 e. The van der Waals surface area contributed by atoms with Crippen molar-refractivity contribution in [3.05, 3.63) is 36.5 Å². The highest BCUT2D eigenvalue weighted by Crippen LogP contribution is 2.30. The van der Waals surface area contributed by atoms with Crippen LogP contribution in [0.1, 0.15) is 219 Å². The van der Waals surface area contributed by atoms with Gasteiger partial charge in [0.05, 0.1) is 32.0 Å². The average molecular weight is 998 g/mol. The maximum Gasteiger partial charge on any atom is 0.220 e. The molecular formula is C56H103NO13. The lowest BCUT2D eigenvalue weighted by molar-refractivity contribution is -0.359. The summed E-state index contributed by atoms with van der Waals surface area (Å²) in [5.74, 6) is -0.258. The van der Waals surface area contributed by atoms with Gasteiger partial charge in [-0.25, -0.2) is 0 Å². The molecule has 9 N–H and O–H groups in total. The maximum atomic E-state index is 13.2. The minimum Gasteiger partial charge on any atom is -0.394 e. The second-order valence-electron chi connectivity index (χ2n) is 20.1. The summed E-state index contributed by atoms with van der Waals surface area (Å²) in [5, 5.41) is 86.9. The van der Waals surface area contributed by atoms with Crippen molar-refractivity contribution in [2.75, 3.05) is 19.8 Å². The lowest BCUT2D eigenvalue weighted by Gasteiger charge is -2.46. The Kier molecular flexibility index (Phi) is 39.1. The molecule has 2 aliphatic rings. The zero-order valence-corrected chi connectivity index (χ0v) is 43.8. The molecule has 14 heteroatoms. The molecule has 14 nitrogen and oxygen atoms in total. The van der Waals surface area contributed by atoms with Crippen molar-refractivity contribution >= 4 is 5.91 Å². The summed E-state index contributed by atoms with van der Waals surface area (Å²) in [6, 6.07) is -0.934. The van der Waals surface area contributed by atoms with Crippen LogP contribution < -0.4 is 5.32 Å². The lowest BCUT2D eigenvalue weighted by Crippen LogP contribution is -2.65. The van der Waals surface area contributed by atoms with Crippen LogP contribution in [0.25, 0.3) is 0 Å². The van der Waals surface area contributed by atoms with Crippen LogP contribution in [0.2, 0.25) is 0 Å². The van der Waals surface area contributed by atoms with Crippen LogP contribution >= 0.6 is 0 Å². The molecule has 12 atom stereocenters. The van der Waals surface area contributed by atoms with E-state index in [1.165, 1.54) is 135 Å². The fourth-order valence-corrected chi connectivity index (χ4v) is 9.18. The minimum atomic E-state index is -1.79. The van der Waals surface area contributed by atoms with Crippen LogP contribution in [0.4, 0.5) is 0 Å². The topological polar surface area (TPSA) is 228 Å². The number of aliphatic hydroxyl groups is 8. The van der Waals surface area contributed by atoms with E-state index in [4.69, 9.17) is 18.9 Å². The molecule has 0 aromatic rings. The first kappa shape index (κ1) is 64.3. The molecule has 0 radical (unpaired) electrons. The molecule has 12 unspecified atom stereocenters. The number of unbranched alkanes of at least 4 members (excludes halogenated alkanes) is 27. The van der Waals surface area contributed by atoms with Gasteiger partial charge in [-0.2, -0.15) is 0 Å². The minimum absolute atomic E-state index is 0.258. The average Bonchev–Trinajstić information content (AvgIpc) is 3.36.